The number of rotatable bonds is 7. The Morgan fingerprint density at radius 1 is 1.19 bits per heavy atom. The summed E-state index contributed by atoms with van der Waals surface area (Å²) in [4.78, 5) is 23.7. The highest BCUT2D eigenvalue weighted by Gasteiger charge is 2.24. The SMILES string of the molecule is O=C(NCCO)c1cc(-c2cnc(N3CCCC3)nc2)cn1CC1CC1. The predicted octanol–water partition coefficient (Wildman–Crippen LogP) is 1.68. The molecule has 0 radical (unpaired) electrons. The topological polar surface area (TPSA) is 83.3 Å². The molecule has 0 unspecified atom stereocenters. The van der Waals surface area contributed by atoms with E-state index in [0.29, 0.717) is 11.6 Å². The Kier molecular flexibility index (Phi) is 4.88. The average Bonchev–Trinajstić information content (AvgIpc) is 3.14. The van der Waals surface area contributed by atoms with Crippen LogP contribution in [-0.2, 0) is 6.54 Å². The molecule has 2 aliphatic rings. The Bertz CT molecular complexity index is 761. The monoisotopic (exact) mass is 355 g/mol. The van der Waals surface area contributed by atoms with Gasteiger partial charge in [-0.1, -0.05) is 0 Å². The molecule has 0 spiro atoms. The average molecular weight is 355 g/mol. The number of nitrogens with zero attached hydrogens (tertiary/aromatic N) is 4. The maximum absolute atomic E-state index is 12.4. The van der Waals surface area contributed by atoms with Gasteiger partial charge in [0, 0.05) is 55.9 Å². The molecule has 1 amide bonds. The summed E-state index contributed by atoms with van der Waals surface area (Å²) in [6.45, 7) is 3.09. The lowest BCUT2D eigenvalue weighted by molar-refractivity contribution is 0.0935. The molecule has 1 saturated heterocycles. The largest absolute Gasteiger partial charge is 0.395 e. The van der Waals surface area contributed by atoms with E-state index in [1.165, 1.54) is 25.7 Å². The first kappa shape index (κ1) is 17.0. The van der Waals surface area contributed by atoms with Crippen LogP contribution in [0.1, 0.15) is 36.2 Å². The highest BCUT2D eigenvalue weighted by molar-refractivity contribution is 5.94. The molecule has 3 heterocycles. The van der Waals surface area contributed by atoms with Gasteiger partial charge in [0.1, 0.15) is 5.69 Å². The number of hydrogen-bond donors (Lipinski definition) is 2. The van der Waals surface area contributed by atoms with Crippen molar-refractivity contribution in [3.8, 4) is 11.1 Å². The highest BCUT2D eigenvalue weighted by atomic mass is 16.3. The molecule has 1 saturated carbocycles. The molecule has 1 aliphatic heterocycles. The van der Waals surface area contributed by atoms with E-state index in [0.717, 1.165) is 36.7 Å². The third-order valence-electron chi connectivity index (χ3n) is 5.04. The van der Waals surface area contributed by atoms with E-state index in [1.807, 2.05) is 29.2 Å². The minimum atomic E-state index is -0.152. The first-order chi connectivity index (χ1) is 12.7. The van der Waals surface area contributed by atoms with Crippen LogP contribution in [-0.4, -0.2) is 51.8 Å². The summed E-state index contributed by atoms with van der Waals surface area (Å²) in [5.41, 5.74) is 2.50. The molecule has 4 rings (SSSR count). The van der Waals surface area contributed by atoms with Gasteiger partial charge in [-0.05, 0) is 37.7 Å². The number of carbonyl (C=O) groups excluding carboxylic acids is 1. The summed E-state index contributed by atoms with van der Waals surface area (Å²) >= 11 is 0. The van der Waals surface area contributed by atoms with Crippen LogP contribution in [0.4, 0.5) is 5.95 Å². The zero-order valence-electron chi connectivity index (χ0n) is 14.9. The van der Waals surface area contributed by atoms with E-state index >= 15 is 0 Å². The van der Waals surface area contributed by atoms with Gasteiger partial charge in [0.15, 0.2) is 0 Å². The second-order valence-corrected chi connectivity index (χ2v) is 7.16. The van der Waals surface area contributed by atoms with Crippen molar-refractivity contribution >= 4 is 11.9 Å². The van der Waals surface area contributed by atoms with Crippen LogP contribution in [0.5, 0.6) is 0 Å². The maximum atomic E-state index is 12.4. The van der Waals surface area contributed by atoms with Gasteiger partial charge in [-0.15, -0.1) is 0 Å². The molecule has 7 nitrogen and oxygen atoms in total. The summed E-state index contributed by atoms with van der Waals surface area (Å²) in [6.07, 6.45) is 10.5. The number of hydrogen-bond acceptors (Lipinski definition) is 5. The van der Waals surface area contributed by atoms with E-state index < -0.39 is 0 Å². The molecule has 7 heteroatoms. The standard InChI is InChI=1S/C19H25N5O2/c25-8-5-20-18(26)17-9-15(13-24(17)12-14-3-4-14)16-10-21-19(22-11-16)23-6-1-2-7-23/h9-11,13-14,25H,1-8,12H2,(H,20,26). The van der Waals surface area contributed by atoms with Crippen molar-refractivity contribution in [2.75, 3.05) is 31.1 Å². The fourth-order valence-electron chi connectivity index (χ4n) is 3.40. The quantitative estimate of drug-likeness (QED) is 0.789. The molecule has 2 fully saturated rings. The van der Waals surface area contributed by atoms with Crippen molar-refractivity contribution in [1.29, 1.82) is 0 Å². The smallest absolute Gasteiger partial charge is 0.268 e. The first-order valence-corrected chi connectivity index (χ1v) is 9.41. The molecule has 0 atom stereocenters. The van der Waals surface area contributed by atoms with Crippen molar-refractivity contribution in [3.63, 3.8) is 0 Å². The molecule has 138 valence electrons. The Hall–Kier alpha value is -2.41. The Labute approximate surface area is 153 Å². The van der Waals surface area contributed by atoms with Crippen LogP contribution in [0.25, 0.3) is 11.1 Å². The van der Waals surface area contributed by atoms with Crippen LogP contribution in [0, 0.1) is 5.92 Å². The van der Waals surface area contributed by atoms with Gasteiger partial charge in [0.25, 0.3) is 5.91 Å². The van der Waals surface area contributed by atoms with Gasteiger partial charge >= 0.3 is 0 Å². The van der Waals surface area contributed by atoms with Crippen LogP contribution >= 0.6 is 0 Å². The second-order valence-electron chi connectivity index (χ2n) is 7.16. The predicted molar refractivity (Wildman–Crippen MR) is 99.0 cm³/mol. The maximum Gasteiger partial charge on any atom is 0.268 e. The van der Waals surface area contributed by atoms with Crippen molar-refractivity contribution in [2.45, 2.75) is 32.2 Å². The molecular formula is C19H25N5O2. The first-order valence-electron chi connectivity index (χ1n) is 9.41. The van der Waals surface area contributed by atoms with E-state index in [2.05, 4.69) is 20.2 Å². The number of amides is 1. The van der Waals surface area contributed by atoms with E-state index in [4.69, 9.17) is 5.11 Å². The van der Waals surface area contributed by atoms with Crippen LogP contribution in [0.3, 0.4) is 0 Å². The third-order valence-corrected chi connectivity index (χ3v) is 5.04. The van der Waals surface area contributed by atoms with Crippen molar-refractivity contribution in [1.82, 2.24) is 19.9 Å². The molecule has 1 aliphatic carbocycles. The lowest BCUT2D eigenvalue weighted by Gasteiger charge is -2.14. The number of aliphatic hydroxyl groups excluding tert-OH is 1. The summed E-state index contributed by atoms with van der Waals surface area (Å²) < 4.78 is 2.02. The third kappa shape index (κ3) is 3.72. The van der Waals surface area contributed by atoms with Crippen LogP contribution in [0.2, 0.25) is 0 Å². The summed E-state index contributed by atoms with van der Waals surface area (Å²) in [5, 5.41) is 11.7. The molecular weight excluding hydrogens is 330 g/mol. The summed E-state index contributed by atoms with van der Waals surface area (Å²) in [5.74, 6) is 1.29. The highest BCUT2D eigenvalue weighted by Crippen LogP contribution is 2.32. The zero-order valence-corrected chi connectivity index (χ0v) is 14.9. The Morgan fingerprint density at radius 3 is 2.58 bits per heavy atom. The molecule has 2 N–H and O–H groups in total. The molecule has 2 aromatic heterocycles. The van der Waals surface area contributed by atoms with Gasteiger partial charge in [-0.3, -0.25) is 4.79 Å². The van der Waals surface area contributed by atoms with Crippen molar-refractivity contribution in [3.05, 3.63) is 30.4 Å². The number of carbonyl (C=O) groups is 1. The lowest BCUT2D eigenvalue weighted by atomic mass is 10.2. The van der Waals surface area contributed by atoms with Gasteiger partial charge < -0.3 is 19.9 Å². The lowest BCUT2D eigenvalue weighted by Crippen LogP contribution is -2.28. The van der Waals surface area contributed by atoms with E-state index in [-0.39, 0.29) is 19.1 Å². The van der Waals surface area contributed by atoms with Crippen LogP contribution < -0.4 is 10.2 Å². The van der Waals surface area contributed by atoms with E-state index in [9.17, 15) is 4.79 Å². The number of nitrogens with one attached hydrogen (secondary N) is 1. The number of aromatic nitrogens is 3. The van der Waals surface area contributed by atoms with Gasteiger partial charge in [-0.25, -0.2) is 9.97 Å². The fraction of sp³-hybridized carbons (Fsp3) is 0.526. The minimum absolute atomic E-state index is 0.0618. The van der Waals surface area contributed by atoms with Gasteiger partial charge in [0.2, 0.25) is 5.95 Å². The number of anilines is 1. The number of aliphatic hydroxyl groups is 1. The van der Waals surface area contributed by atoms with E-state index in [1.54, 1.807) is 0 Å². The van der Waals surface area contributed by atoms with Crippen molar-refractivity contribution in [2.24, 2.45) is 5.92 Å². The Balaban J connectivity index is 1.56. The van der Waals surface area contributed by atoms with Gasteiger partial charge in [0.05, 0.1) is 6.61 Å². The fourth-order valence-corrected chi connectivity index (χ4v) is 3.40. The van der Waals surface area contributed by atoms with Crippen LogP contribution in [0.15, 0.2) is 24.7 Å². The Morgan fingerprint density at radius 2 is 1.92 bits per heavy atom. The summed E-state index contributed by atoms with van der Waals surface area (Å²) in [7, 11) is 0. The molecule has 2 aromatic rings. The normalized spacial score (nSPS) is 16.9. The molecule has 26 heavy (non-hydrogen) atoms. The van der Waals surface area contributed by atoms with Crippen molar-refractivity contribution < 1.29 is 9.90 Å². The zero-order chi connectivity index (χ0) is 17.9. The molecule has 0 aromatic carbocycles. The second kappa shape index (κ2) is 7.45. The minimum Gasteiger partial charge on any atom is -0.395 e. The molecule has 0 bridgehead atoms. The summed E-state index contributed by atoms with van der Waals surface area (Å²) in [6, 6.07) is 1.89. The van der Waals surface area contributed by atoms with Gasteiger partial charge in [-0.2, -0.15) is 0 Å².